The molecule has 0 fully saturated rings. The minimum atomic E-state index is -0.470. The number of β-amino-alcohol motifs (C(OH)–C–C–N with tert-alkyl or cyclic N) is 1. The van der Waals surface area contributed by atoms with Gasteiger partial charge in [0.1, 0.15) is 18.1 Å². The Hall–Kier alpha value is -3.13. The van der Waals surface area contributed by atoms with Gasteiger partial charge in [-0.25, -0.2) is 0 Å². The molecule has 1 aromatic heterocycles. The summed E-state index contributed by atoms with van der Waals surface area (Å²) in [4.78, 5) is 25.1. The number of aliphatic hydroxyl groups is 1. The molecule has 1 aliphatic rings. The molecule has 0 saturated heterocycles. The molecule has 0 bridgehead atoms. The zero-order valence-corrected chi connectivity index (χ0v) is 14.6. The number of rotatable bonds is 7. The number of aliphatic hydroxyl groups excluding tert-OH is 1. The Balaban J connectivity index is 1.74. The third kappa shape index (κ3) is 3.60. The summed E-state index contributed by atoms with van der Waals surface area (Å²) >= 11 is 0. The van der Waals surface area contributed by atoms with Crippen LogP contribution in [0.1, 0.15) is 11.3 Å². The first-order chi connectivity index (χ1) is 12.5. The first-order valence-corrected chi connectivity index (χ1v) is 8.16. The van der Waals surface area contributed by atoms with E-state index >= 15 is 0 Å². The van der Waals surface area contributed by atoms with E-state index in [0.717, 1.165) is 16.2 Å². The highest BCUT2D eigenvalue weighted by Crippen LogP contribution is 2.28. The zero-order chi connectivity index (χ0) is 18.7. The van der Waals surface area contributed by atoms with Gasteiger partial charge in [0.15, 0.2) is 0 Å². The number of carbonyl (C=O) groups is 2. The summed E-state index contributed by atoms with van der Waals surface area (Å²) in [6, 6.07) is 7.17. The number of amides is 2. The van der Waals surface area contributed by atoms with Gasteiger partial charge in [0, 0.05) is 24.9 Å². The molecule has 1 aromatic carbocycles. The molecule has 0 unspecified atom stereocenters. The fourth-order valence-electron chi connectivity index (χ4n) is 2.70. The van der Waals surface area contributed by atoms with Crippen LogP contribution in [-0.2, 0) is 23.2 Å². The minimum absolute atomic E-state index is 0.0300. The lowest BCUT2D eigenvalue weighted by Gasteiger charge is -2.15. The molecule has 2 amide bonds. The smallest absolute Gasteiger partial charge is 0.277 e. The van der Waals surface area contributed by atoms with Crippen LogP contribution in [0.2, 0.25) is 0 Å². The van der Waals surface area contributed by atoms with E-state index in [-0.39, 0.29) is 18.8 Å². The molecule has 0 atom stereocenters. The summed E-state index contributed by atoms with van der Waals surface area (Å²) in [6.45, 7) is 1.94. The van der Waals surface area contributed by atoms with Gasteiger partial charge in [-0.2, -0.15) is 5.10 Å². The van der Waals surface area contributed by atoms with E-state index in [1.165, 1.54) is 6.08 Å². The number of ether oxygens (including phenoxy) is 1. The Labute approximate surface area is 150 Å². The van der Waals surface area contributed by atoms with Gasteiger partial charge in [0.05, 0.1) is 24.5 Å². The summed E-state index contributed by atoms with van der Waals surface area (Å²) in [6.07, 6.45) is 3.11. The Morgan fingerprint density at radius 2 is 2.04 bits per heavy atom. The van der Waals surface area contributed by atoms with Crippen molar-refractivity contribution < 1.29 is 19.4 Å². The largest absolute Gasteiger partial charge is 0.487 e. The van der Waals surface area contributed by atoms with Gasteiger partial charge in [-0.3, -0.25) is 19.2 Å². The molecule has 2 heterocycles. The SMILES string of the molecule is Cc1nn(C)cc1COc1ccccc1NC1=CC(=O)N(CCO)C1=O. The fourth-order valence-corrected chi connectivity index (χ4v) is 2.70. The molecule has 0 aliphatic carbocycles. The number of imide groups is 1. The van der Waals surface area contributed by atoms with Crippen LogP contribution in [0.25, 0.3) is 0 Å². The molecule has 3 rings (SSSR count). The van der Waals surface area contributed by atoms with Gasteiger partial charge >= 0.3 is 0 Å². The van der Waals surface area contributed by atoms with E-state index < -0.39 is 11.8 Å². The minimum Gasteiger partial charge on any atom is -0.487 e. The van der Waals surface area contributed by atoms with Gasteiger partial charge in [-0.05, 0) is 19.1 Å². The van der Waals surface area contributed by atoms with Crippen molar-refractivity contribution in [1.29, 1.82) is 0 Å². The van der Waals surface area contributed by atoms with E-state index in [1.54, 1.807) is 22.9 Å². The van der Waals surface area contributed by atoms with Crippen LogP contribution in [0.5, 0.6) is 5.75 Å². The lowest BCUT2D eigenvalue weighted by Crippen LogP contribution is -2.34. The Morgan fingerprint density at radius 3 is 2.73 bits per heavy atom. The number of hydrogen-bond donors (Lipinski definition) is 2. The third-order valence-electron chi connectivity index (χ3n) is 3.99. The molecule has 0 radical (unpaired) electrons. The second-order valence-electron chi connectivity index (χ2n) is 5.90. The molecule has 1 aliphatic heterocycles. The molecule has 8 heteroatoms. The maximum atomic E-state index is 12.3. The number of benzene rings is 1. The highest BCUT2D eigenvalue weighted by atomic mass is 16.5. The maximum absolute atomic E-state index is 12.3. The molecule has 2 N–H and O–H groups in total. The molecular weight excluding hydrogens is 336 g/mol. The number of aryl methyl sites for hydroxylation is 2. The number of aromatic nitrogens is 2. The van der Waals surface area contributed by atoms with Crippen LogP contribution in [0.15, 0.2) is 42.2 Å². The topological polar surface area (TPSA) is 96.7 Å². The highest BCUT2D eigenvalue weighted by Gasteiger charge is 2.30. The quantitative estimate of drug-likeness (QED) is 0.718. The van der Waals surface area contributed by atoms with E-state index in [1.807, 2.05) is 26.2 Å². The van der Waals surface area contributed by atoms with Crippen molar-refractivity contribution in [1.82, 2.24) is 14.7 Å². The standard InChI is InChI=1S/C18H20N4O4/c1-12-13(10-21(2)20-12)11-26-16-6-4-3-5-14(16)19-15-9-17(24)22(7-8-23)18(15)25/h3-6,9-10,19,23H,7-8,11H2,1-2H3. The van der Waals surface area contributed by atoms with Crippen molar-refractivity contribution in [2.75, 3.05) is 18.5 Å². The lowest BCUT2D eigenvalue weighted by molar-refractivity contribution is -0.137. The Kier molecular flexibility index (Phi) is 5.04. The molecule has 0 saturated carbocycles. The second kappa shape index (κ2) is 7.40. The first kappa shape index (κ1) is 17.7. The Morgan fingerprint density at radius 1 is 1.27 bits per heavy atom. The van der Waals surface area contributed by atoms with Crippen LogP contribution in [0.4, 0.5) is 5.69 Å². The van der Waals surface area contributed by atoms with E-state index in [0.29, 0.717) is 18.0 Å². The van der Waals surface area contributed by atoms with Crippen LogP contribution in [0, 0.1) is 6.92 Å². The van der Waals surface area contributed by atoms with Crippen molar-refractivity contribution in [2.24, 2.45) is 7.05 Å². The molecule has 8 nitrogen and oxygen atoms in total. The van der Waals surface area contributed by atoms with Gasteiger partial charge in [-0.15, -0.1) is 0 Å². The molecule has 136 valence electrons. The van der Waals surface area contributed by atoms with E-state index in [9.17, 15) is 9.59 Å². The van der Waals surface area contributed by atoms with Crippen molar-refractivity contribution in [3.63, 3.8) is 0 Å². The second-order valence-corrected chi connectivity index (χ2v) is 5.90. The summed E-state index contributed by atoms with van der Waals surface area (Å²) in [5, 5.41) is 16.2. The number of carbonyl (C=O) groups excluding carboxylic acids is 2. The van der Waals surface area contributed by atoms with Crippen molar-refractivity contribution in [3.05, 3.63) is 53.5 Å². The first-order valence-electron chi connectivity index (χ1n) is 8.16. The summed E-state index contributed by atoms with van der Waals surface area (Å²) in [5.74, 6) is -0.365. The van der Waals surface area contributed by atoms with Crippen LogP contribution >= 0.6 is 0 Å². The average molecular weight is 356 g/mol. The summed E-state index contributed by atoms with van der Waals surface area (Å²) in [5.41, 5.74) is 2.57. The number of anilines is 1. The van der Waals surface area contributed by atoms with E-state index in [2.05, 4.69) is 10.4 Å². The van der Waals surface area contributed by atoms with Crippen molar-refractivity contribution in [3.8, 4) is 5.75 Å². The highest BCUT2D eigenvalue weighted by molar-refractivity contribution is 6.17. The van der Waals surface area contributed by atoms with Gasteiger partial charge in [-0.1, -0.05) is 12.1 Å². The number of nitrogens with one attached hydrogen (secondary N) is 1. The predicted molar refractivity (Wildman–Crippen MR) is 94.2 cm³/mol. The van der Waals surface area contributed by atoms with Gasteiger partial charge in [0.2, 0.25) is 0 Å². The predicted octanol–water partition coefficient (Wildman–Crippen LogP) is 0.964. The van der Waals surface area contributed by atoms with Crippen LogP contribution < -0.4 is 10.1 Å². The third-order valence-corrected chi connectivity index (χ3v) is 3.99. The molecule has 26 heavy (non-hydrogen) atoms. The Bertz CT molecular complexity index is 872. The van der Waals surface area contributed by atoms with Crippen molar-refractivity contribution in [2.45, 2.75) is 13.5 Å². The fraction of sp³-hybridized carbons (Fsp3) is 0.278. The monoisotopic (exact) mass is 356 g/mol. The summed E-state index contributed by atoms with van der Waals surface area (Å²) < 4.78 is 7.59. The number of hydrogen-bond acceptors (Lipinski definition) is 6. The summed E-state index contributed by atoms with van der Waals surface area (Å²) in [7, 11) is 1.85. The number of para-hydroxylation sites is 2. The zero-order valence-electron chi connectivity index (χ0n) is 14.6. The van der Waals surface area contributed by atoms with E-state index in [4.69, 9.17) is 9.84 Å². The van der Waals surface area contributed by atoms with Gasteiger partial charge in [0.25, 0.3) is 11.8 Å². The normalized spacial score (nSPS) is 14.0. The van der Waals surface area contributed by atoms with Gasteiger partial charge < -0.3 is 15.2 Å². The van der Waals surface area contributed by atoms with Crippen LogP contribution in [0.3, 0.4) is 0 Å². The molecular formula is C18H20N4O4. The lowest BCUT2D eigenvalue weighted by atomic mass is 10.2. The average Bonchev–Trinajstić information content (AvgIpc) is 3.07. The molecule has 0 spiro atoms. The number of nitrogens with zero attached hydrogens (tertiary/aromatic N) is 3. The van der Waals surface area contributed by atoms with Crippen molar-refractivity contribution >= 4 is 17.5 Å². The molecule has 2 aromatic rings. The maximum Gasteiger partial charge on any atom is 0.277 e. The van der Waals surface area contributed by atoms with Crippen LogP contribution in [-0.4, -0.2) is 44.8 Å².